The highest BCUT2D eigenvalue weighted by molar-refractivity contribution is 5.83. The summed E-state index contributed by atoms with van der Waals surface area (Å²) >= 11 is 0. The number of carboxylic acid groups (broad SMARTS) is 1. The maximum atomic E-state index is 11.4. The smallest absolute Gasteiger partial charge is 0.318 e. The zero-order valence-electron chi connectivity index (χ0n) is 9.83. The average molecular weight is 220 g/mol. The van der Waals surface area contributed by atoms with Crippen molar-refractivity contribution in [2.24, 2.45) is 0 Å². The molecule has 1 aliphatic heterocycles. The van der Waals surface area contributed by atoms with E-state index in [-0.39, 0.29) is 13.2 Å². The molecule has 86 valence electrons. The summed E-state index contributed by atoms with van der Waals surface area (Å²) in [4.78, 5) is 11.4. The minimum Gasteiger partial charge on any atom is -0.480 e. The number of rotatable bonds is 2. The molecule has 0 unspecified atom stereocenters. The molecule has 1 aliphatic rings. The minimum absolute atomic E-state index is 0.283. The molecule has 1 aromatic rings. The van der Waals surface area contributed by atoms with Crippen LogP contribution in [0.25, 0.3) is 0 Å². The third kappa shape index (κ3) is 1.43. The quantitative estimate of drug-likeness (QED) is 0.828. The summed E-state index contributed by atoms with van der Waals surface area (Å²) in [5.41, 5.74) is 3.45. The van der Waals surface area contributed by atoms with Gasteiger partial charge in [-0.15, -0.1) is 0 Å². The van der Waals surface area contributed by atoms with Crippen LogP contribution in [0.4, 0.5) is 0 Å². The Kier molecular flexibility index (Phi) is 2.50. The molecule has 0 amide bonds. The molecule has 0 saturated carbocycles. The molecular formula is C13H16O3. The van der Waals surface area contributed by atoms with Gasteiger partial charge in [0.25, 0.3) is 0 Å². The van der Waals surface area contributed by atoms with Crippen molar-refractivity contribution in [2.45, 2.75) is 26.2 Å². The molecule has 3 heteroatoms. The predicted octanol–water partition coefficient (Wildman–Crippen LogP) is 1.96. The Balaban J connectivity index is 2.55. The van der Waals surface area contributed by atoms with Crippen molar-refractivity contribution >= 4 is 5.97 Å². The van der Waals surface area contributed by atoms with Crippen molar-refractivity contribution in [1.29, 1.82) is 0 Å². The van der Waals surface area contributed by atoms with Crippen molar-refractivity contribution in [3.05, 3.63) is 34.4 Å². The summed E-state index contributed by atoms with van der Waals surface area (Å²) in [6.07, 6.45) is 0. The Bertz CT molecular complexity index is 445. The van der Waals surface area contributed by atoms with Gasteiger partial charge in [-0.2, -0.15) is 0 Å². The number of carbonyl (C=O) groups is 1. The van der Waals surface area contributed by atoms with Gasteiger partial charge < -0.3 is 9.84 Å². The Morgan fingerprint density at radius 3 is 2.19 bits per heavy atom. The van der Waals surface area contributed by atoms with Crippen molar-refractivity contribution in [1.82, 2.24) is 0 Å². The molecule has 3 nitrogen and oxygen atoms in total. The zero-order chi connectivity index (χ0) is 11.9. The highest BCUT2D eigenvalue weighted by atomic mass is 16.5. The molecule has 1 N–H and O–H groups in total. The van der Waals surface area contributed by atoms with Crippen LogP contribution in [-0.2, 0) is 14.9 Å². The van der Waals surface area contributed by atoms with Gasteiger partial charge in [0.1, 0.15) is 5.41 Å². The standard InChI is InChI=1S/C13H16O3/c1-8-4-10(3)11(5-9(8)2)13(12(14)15)6-16-7-13/h4-5H,6-7H2,1-3H3,(H,14,15). The van der Waals surface area contributed by atoms with Crippen LogP contribution in [0.5, 0.6) is 0 Å². The van der Waals surface area contributed by atoms with E-state index in [2.05, 4.69) is 0 Å². The van der Waals surface area contributed by atoms with E-state index in [0.29, 0.717) is 0 Å². The fourth-order valence-electron chi connectivity index (χ4n) is 2.18. The lowest BCUT2D eigenvalue weighted by atomic mass is 9.75. The largest absolute Gasteiger partial charge is 0.480 e. The lowest BCUT2D eigenvalue weighted by Crippen LogP contribution is -2.53. The van der Waals surface area contributed by atoms with E-state index in [1.807, 2.05) is 32.9 Å². The summed E-state index contributed by atoms with van der Waals surface area (Å²) in [6, 6.07) is 4.04. The van der Waals surface area contributed by atoms with E-state index >= 15 is 0 Å². The second-order valence-corrected chi connectivity index (χ2v) is 4.63. The number of benzene rings is 1. The molecule has 16 heavy (non-hydrogen) atoms. The van der Waals surface area contributed by atoms with Crippen LogP contribution in [-0.4, -0.2) is 24.3 Å². The van der Waals surface area contributed by atoms with E-state index in [4.69, 9.17) is 4.74 Å². The highest BCUT2D eigenvalue weighted by Gasteiger charge is 2.48. The first kappa shape index (κ1) is 11.1. The molecule has 1 aromatic carbocycles. The summed E-state index contributed by atoms with van der Waals surface area (Å²) in [5, 5.41) is 9.34. The monoisotopic (exact) mass is 220 g/mol. The number of hydrogen-bond acceptors (Lipinski definition) is 2. The van der Waals surface area contributed by atoms with Gasteiger partial charge in [0.05, 0.1) is 13.2 Å². The number of aliphatic carboxylic acids is 1. The van der Waals surface area contributed by atoms with Crippen LogP contribution in [0.1, 0.15) is 22.3 Å². The van der Waals surface area contributed by atoms with Crippen LogP contribution < -0.4 is 0 Å². The predicted molar refractivity (Wildman–Crippen MR) is 60.8 cm³/mol. The number of ether oxygens (including phenoxy) is 1. The van der Waals surface area contributed by atoms with Crippen LogP contribution in [0.15, 0.2) is 12.1 Å². The van der Waals surface area contributed by atoms with Gasteiger partial charge in [-0.05, 0) is 43.0 Å². The number of carboxylic acids is 1. The molecule has 0 radical (unpaired) electrons. The molecule has 1 heterocycles. The maximum absolute atomic E-state index is 11.4. The van der Waals surface area contributed by atoms with Crippen LogP contribution >= 0.6 is 0 Å². The van der Waals surface area contributed by atoms with Gasteiger partial charge in [-0.1, -0.05) is 12.1 Å². The van der Waals surface area contributed by atoms with Crippen molar-refractivity contribution in [3.63, 3.8) is 0 Å². The van der Waals surface area contributed by atoms with Crippen LogP contribution in [0, 0.1) is 20.8 Å². The Morgan fingerprint density at radius 2 is 1.75 bits per heavy atom. The van der Waals surface area contributed by atoms with E-state index < -0.39 is 11.4 Å². The first-order chi connectivity index (χ1) is 7.47. The van der Waals surface area contributed by atoms with E-state index in [1.54, 1.807) is 0 Å². The summed E-state index contributed by atoms with van der Waals surface area (Å²) < 4.78 is 5.10. The SMILES string of the molecule is Cc1cc(C)c(C2(C(=O)O)COC2)cc1C. The summed E-state index contributed by atoms with van der Waals surface area (Å²) in [6.45, 7) is 6.58. The van der Waals surface area contributed by atoms with E-state index in [0.717, 1.165) is 16.7 Å². The third-order valence-electron chi connectivity index (χ3n) is 3.46. The van der Waals surface area contributed by atoms with Gasteiger partial charge in [-0.25, -0.2) is 0 Å². The van der Waals surface area contributed by atoms with Crippen molar-refractivity contribution in [3.8, 4) is 0 Å². The second kappa shape index (κ2) is 3.59. The molecule has 0 spiro atoms. The van der Waals surface area contributed by atoms with Crippen LogP contribution in [0.3, 0.4) is 0 Å². The molecule has 1 saturated heterocycles. The first-order valence-corrected chi connectivity index (χ1v) is 5.37. The normalized spacial score (nSPS) is 17.9. The van der Waals surface area contributed by atoms with Crippen molar-refractivity contribution in [2.75, 3.05) is 13.2 Å². The minimum atomic E-state index is -0.817. The van der Waals surface area contributed by atoms with E-state index in [9.17, 15) is 9.90 Å². The number of aryl methyl sites for hydroxylation is 3. The fourth-order valence-corrected chi connectivity index (χ4v) is 2.18. The Hall–Kier alpha value is -1.35. The topological polar surface area (TPSA) is 46.5 Å². The van der Waals surface area contributed by atoms with Gasteiger partial charge in [0.15, 0.2) is 0 Å². The summed E-state index contributed by atoms with van der Waals surface area (Å²) in [5.74, 6) is -0.787. The van der Waals surface area contributed by atoms with Gasteiger partial charge in [0.2, 0.25) is 0 Å². The van der Waals surface area contributed by atoms with Crippen LogP contribution in [0.2, 0.25) is 0 Å². The fraction of sp³-hybridized carbons (Fsp3) is 0.462. The zero-order valence-corrected chi connectivity index (χ0v) is 9.83. The molecule has 0 aliphatic carbocycles. The van der Waals surface area contributed by atoms with Gasteiger partial charge >= 0.3 is 5.97 Å². The number of hydrogen-bond donors (Lipinski definition) is 1. The molecular weight excluding hydrogens is 204 g/mol. The molecule has 0 bridgehead atoms. The van der Waals surface area contributed by atoms with Gasteiger partial charge in [0, 0.05) is 0 Å². The molecule has 2 rings (SSSR count). The van der Waals surface area contributed by atoms with E-state index in [1.165, 1.54) is 5.56 Å². The second-order valence-electron chi connectivity index (χ2n) is 4.63. The third-order valence-corrected chi connectivity index (χ3v) is 3.46. The van der Waals surface area contributed by atoms with Crippen molar-refractivity contribution < 1.29 is 14.6 Å². The average Bonchev–Trinajstić information content (AvgIpc) is 2.11. The molecule has 1 fully saturated rings. The Labute approximate surface area is 95.0 Å². The van der Waals surface area contributed by atoms with Gasteiger partial charge in [-0.3, -0.25) is 4.79 Å². The first-order valence-electron chi connectivity index (χ1n) is 5.37. The summed E-state index contributed by atoms with van der Waals surface area (Å²) in [7, 11) is 0. The Morgan fingerprint density at radius 1 is 1.19 bits per heavy atom. The highest BCUT2D eigenvalue weighted by Crippen LogP contribution is 2.35. The lowest BCUT2D eigenvalue weighted by molar-refractivity contribution is -0.163. The lowest BCUT2D eigenvalue weighted by Gasteiger charge is -2.39. The molecule has 0 aromatic heterocycles. The molecule has 0 atom stereocenters. The maximum Gasteiger partial charge on any atom is 0.318 e.